The highest BCUT2D eigenvalue weighted by molar-refractivity contribution is 4.57. The van der Waals surface area contributed by atoms with Crippen molar-refractivity contribution >= 4 is 0 Å². The van der Waals surface area contributed by atoms with Crippen LogP contribution in [0, 0.1) is 0 Å². The first kappa shape index (κ1) is 18.0. The fraction of sp³-hybridized carbons (Fsp3) is 1.00. The van der Waals surface area contributed by atoms with Crippen molar-refractivity contribution < 1.29 is 26.0 Å². The van der Waals surface area contributed by atoms with E-state index in [1.165, 1.54) is 0 Å². The van der Waals surface area contributed by atoms with Gasteiger partial charge in [0.25, 0.3) is 0 Å². The van der Waals surface area contributed by atoms with Crippen LogP contribution in [0.4, 0.5) is 0 Å². The number of hydroxylamine groups is 5. The summed E-state index contributed by atoms with van der Waals surface area (Å²) in [4.78, 5) is 0. The molecule has 0 aliphatic carbocycles. The van der Waals surface area contributed by atoms with Crippen LogP contribution in [0.1, 0.15) is 19.8 Å². The molecule has 0 spiro atoms. The van der Waals surface area contributed by atoms with Gasteiger partial charge in [-0.1, -0.05) is 17.4 Å². The SMILES string of the molecule is CCC(CN)NO.ON(O)CCCN(O)O. The molecule has 0 heterocycles. The molecule has 0 aromatic carbocycles. The molecule has 0 aliphatic rings. The van der Waals surface area contributed by atoms with Gasteiger partial charge in [0.15, 0.2) is 0 Å². The van der Waals surface area contributed by atoms with Crippen molar-refractivity contribution in [3.8, 4) is 0 Å². The van der Waals surface area contributed by atoms with E-state index in [1.807, 2.05) is 6.92 Å². The molecule has 0 fully saturated rings. The van der Waals surface area contributed by atoms with Crippen LogP contribution in [0.3, 0.4) is 0 Å². The molecule has 0 aromatic rings. The largest absolute Gasteiger partial charge is 0.329 e. The highest BCUT2D eigenvalue weighted by atomic mass is 16.8. The predicted molar refractivity (Wildman–Crippen MR) is 53.2 cm³/mol. The molecule has 0 saturated carbocycles. The van der Waals surface area contributed by atoms with Gasteiger partial charge < -0.3 is 10.9 Å². The van der Waals surface area contributed by atoms with Crippen molar-refractivity contribution in [2.24, 2.45) is 5.73 Å². The van der Waals surface area contributed by atoms with Crippen LogP contribution in [0.25, 0.3) is 0 Å². The first-order valence-corrected chi connectivity index (χ1v) is 4.88. The lowest BCUT2D eigenvalue weighted by atomic mass is 10.2. The van der Waals surface area contributed by atoms with E-state index in [2.05, 4.69) is 5.48 Å². The van der Waals surface area contributed by atoms with Crippen molar-refractivity contribution in [2.45, 2.75) is 25.8 Å². The maximum absolute atomic E-state index is 8.20. The molecule has 0 radical (unpaired) electrons. The Bertz CT molecular complexity index is 120. The van der Waals surface area contributed by atoms with E-state index in [-0.39, 0.29) is 36.0 Å². The van der Waals surface area contributed by atoms with Gasteiger partial charge in [0, 0.05) is 12.6 Å². The standard InChI is InChI=1S/C4H12N2O.C3H10N2O4/c1-2-4(3-5)6-7;6-4(7)2-1-3-5(8)9/h4,6-7H,2-3,5H2,1H3;6-9H,1-3H2. The first-order valence-electron chi connectivity index (χ1n) is 4.88. The van der Waals surface area contributed by atoms with Crippen molar-refractivity contribution in [2.75, 3.05) is 19.6 Å². The van der Waals surface area contributed by atoms with Gasteiger partial charge in [-0.3, -0.25) is 20.8 Å². The summed E-state index contributed by atoms with van der Waals surface area (Å²) in [5, 5.41) is 40.5. The number of nitrogens with two attached hydrogens (primary N) is 1. The fourth-order valence-corrected chi connectivity index (χ4v) is 0.664. The second kappa shape index (κ2) is 12.7. The maximum Gasteiger partial charge on any atom is 0.0526 e. The zero-order valence-electron chi connectivity index (χ0n) is 9.32. The van der Waals surface area contributed by atoms with E-state index in [4.69, 9.17) is 31.8 Å². The summed E-state index contributed by atoms with van der Waals surface area (Å²) >= 11 is 0. The first-order chi connectivity index (χ1) is 7.47. The maximum atomic E-state index is 8.20. The number of rotatable bonds is 7. The molecule has 0 amide bonds. The van der Waals surface area contributed by atoms with Crippen LogP contribution >= 0.6 is 0 Å². The zero-order valence-corrected chi connectivity index (χ0v) is 9.32. The Morgan fingerprint density at radius 2 is 1.56 bits per heavy atom. The summed E-state index contributed by atoms with van der Waals surface area (Å²) in [6, 6.07) is 0.0694. The Morgan fingerprint density at radius 1 is 1.12 bits per heavy atom. The number of nitrogens with one attached hydrogen (secondary N) is 1. The number of nitrogens with zero attached hydrogens (tertiary/aromatic N) is 2. The molecule has 1 atom stereocenters. The van der Waals surface area contributed by atoms with Crippen LogP contribution in [0.2, 0.25) is 0 Å². The summed E-state index contributed by atoms with van der Waals surface area (Å²) < 4.78 is 0. The van der Waals surface area contributed by atoms with Crippen LogP contribution in [0.5, 0.6) is 0 Å². The number of hydrogen-bond acceptors (Lipinski definition) is 9. The van der Waals surface area contributed by atoms with Crippen molar-refractivity contribution in [3.05, 3.63) is 0 Å². The van der Waals surface area contributed by atoms with Gasteiger partial charge in [-0.2, -0.15) is 0 Å². The Hall–Kier alpha value is -0.360. The van der Waals surface area contributed by atoms with E-state index in [0.717, 1.165) is 6.42 Å². The Kier molecular flexibility index (Phi) is 14.3. The van der Waals surface area contributed by atoms with Crippen molar-refractivity contribution in [1.82, 2.24) is 15.9 Å². The minimum atomic E-state index is -0.0162. The van der Waals surface area contributed by atoms with Gasteiger partial charge in [0.05, 0.1) is 13.1 Å². The highest BCUT2D eigenvalue weighted by Crippen LogP contribution is 1.83. The fourth-order valence-electron chi connectivity index (χ4n) is 0.664. The highest BCUT2D eigenvalue weighted by Gasteiger charge is 1.96. The Labute approximate surface area is 94.1 Å². The lowest BCUT2D eigenvalue weighted by Crippen LogP contribution is -2.32. The Morgan fingerprint density at radius 3 is 1.69 bits per heavy atom. The summed E-state index contributed by atoms with van der Waals surface area (Å²) in [5.41, 5.74) is 7.25. The lowest BCUT2D eigenvalue weighted by Gasteiger charge is -2.07. The molecule has 0 aliphatic heterocycles. The molecule has 1 unspecified atom stereocenters. The average Bonchev–Trinajstić information content (AvgIpc) is 2.20. The third-order valence-electron chi connectivity index (χ3n) is 1.68. The molecule has 16 heavy (non-hydrogen) atoms. The van der Waals surface area contributed by atoms with E-state index < -0.39 is 0 Å². The lowest BCUT2D eigenvalue weighted by molar-refractivity contribution is -0.323. The predicted octanol–water partition coefficient (Wildman–Crippen LogP) is -0.760. The van der Waals surface area contributed by atoms with Gasteiger partial charge in [0.2, 0.25) is 0 Å². The van der Waals surface area contributed by atoms with Crippen molar-refractivity contribution in [3.63, 3.8) is 0 Å². The van der Waals surface area contributed by atoms with Gasteiger partial charge in [-0.05, 0) is 12.8 Å². The van der Waals surface area contributed by atoms with Crippen LogP contribution in [-0.4, -0.2) is 62.2 Å². The molecule has 0 aromatic heterocycles. The van der Waals surface area contributed by atoms with Crippen molar-refractivity contribution in [1.29, 1.82) is 0 Å². The normalized spacial score (nSPS) is 12.6. The van der Waals surface area contributed by atoms with Crippen LogP contribution in [0.15, 0.2) is 0 Å². The molecule has 0 bridgehead atoms. The van der Waals surface area contributed by atoms with E-state index in [0.29, 0.717) is 6.54 Å². The third-order valence-corrected chi connectivity index (χ3v) is 1.68. The number of hydrogen-bond donors (Lipinski definition) is 7. The molecule has 9 nitrogen and oxygen atoms in total. The molecular formula is C7H22N4O5. The summed E-state index contributed by atoms with van der Waals surface area (Å²) in [6.07, 6.45) is 1.13. The van der Waals surface area contributed by atoms with Crippen LogP contribution in [-0.2, 0) is 0 Å². The third kappa shape index (κ3) is 16.1. The quantitative estimate of drug-likeness (QED) is 0.286. The molecule has 8 N–H and O–H groups in total. The topological polar surface area (TPSA) is 146 Å². The molecule has 0 saturated heterocycles. The molecule has 0 rings (SSSR count). The summed E-state index contributed by atoms with van der Waals surface area (Å²) in [5.74, 6) is 0. The monoisotopic (exact) mass is 242 g/mol. The molecule has 9 heteroatoms. The van der Waals surface area contributed by atoms with Gasteiger partial charge in [0.1, 0.15) is 0 Å². The minimum Gasteiger partial charge on any atom is -0.329 e. The Balaban J connectivity index is 0. The molecular weight excluding hydrogens is 220 g/mol. The molecule has 100 valence electrons. The van der Waals surface area contributed by atoms with Gasteiger partial charge in [-0.15, -0.1) is 0 Å². The van der Waals surface area contributed by atoms with Gasteiger partial charge in [-0.25, -0.2) is 5.48 Å². The second-order valence-electron chi connectivity index (χ2n) is 3.02. The van der Waals surface area contributed by atoms with E-state index >= 15 is 0 Å². The van der Waals surface area contributed by atoms with Gasteiger partial charge >= 0.3 is 0 Å². The van der Waals surface area contributed by atoms with E-state index in [1.54, 1.807) is 0 Å². The average molecular weight is 242 g/mol. The smallest absolute Gasteiger partial charge is 0.0526 e. The minimum absolute atomic E-state index is 0.0104. The van der Waals surface area contributed by atoms with E-state index in [9.17, 15) is 0 Å². The van der Waals surface area contributed by atoms with Crippen LogP contribution < -0.4 is 11.2 Å². The second-order valence-corrected chi connectivity index (χ2v) is 3.02. The summed E-state index contributed by atoms with van der Waals surface area (Å²) in [6.45, 7) is 2.42. The zero-order chi connectivity index (χ0) is 13.0. The summed E-state index contributed by atoms with van der Waals surface area (Å²) in [7, 11) is 0.